The van der Waals surface area contributed by atoms with E-state index < -0.39 is 5.97 Å². The third-order valence-corrected chi connectivity index (χ3v) is 3.31. The summed E-state index contributed by atoms with van der Waals surface area (Å²) in [6.45, 7) is 0.432. The lowest BCUT2D eigenvalue weighted by Gasteiger charge is -2.14. The van der Waals surface area contributed by atoms with Crippen molar-refractivity contribution < 1.29 is 15.0 Å². The van der Waals surface area contributed by atoms with Crippen LogP contribution >= 0.6 is 0 Å². The van der Waals surface area contributed by atoms with Crippen LogP contribution in [-0.4, -0.2) is 46.3 Å². The van der Waals surface area contributed by atoms with Crippen LogP contribution in [0.2, 0.25) is 0 Å². The predicted octanol–water partition coefficient (Wildman–Crippen LogP) is 1.67. The number of anilines is 1. The van der Waals surface area contributed by atoms with Crippen LogP contribution in [0, 0.1) is 11.3 Å². The average Bonchev–Trinajstić information content (AvgIpc) is 2.60. The molecule has 0 fully saturated rings. The van der Waals surface area contributed by atoms with Crippen LogP contribution in [0.3, 0.4) is 0 Å². The fourth-order valence-electron chi connectivity index (χ4n) is 1.99. The zero-order valence-electron chi connectivity index (χ0n) is 13.0. The minimum absolute atomic E-state index is 0.00638. The molecule has 0 aliphatic heterocycles. The number of hydrogen-bond acceptors (Lipinski definition) is 6. The number of aliphatic hydroxyl groups excluding tert-OH is 1. The molecular formula is C17H16N4O3. The lowest BCUT2D eigenvalue weighted by atomic mass is 10.0. The van der Waals surface area contributed by atoms with Gasteiger partial charge in [0.05, 0.1) is 23.8 Å². The number of aromatic nitrogens is 2. The Morgan fingerprint density at radius 3 is 2.33 bits per heavy atom. The third kappa shape index (κ3) is 4.15. The Kier molecular flexibility index (Phi) is 5.60. The fraction of sp³-hybridized carbons (Fsp3) is 0.176. The van der Waals surface area contributed by atoms with Gasteiger partial charge < -0.3 is 15.1 Å². The molecule has 0 saturated carbocycles. The van der Waals surface area contributed by atoms with Crippen LogP contribution < -0.4 is 4.90 Å². The van der Waals surface area contributed by atoms with Crippen molar-refractivity contribution >= 4 is 23.6 Å². The zero-order valence-corrected chi connectivity index (χ0v) is 13.0. The van der Waals surface area contributed by atoms with Crippen molar-refractivity contribution in [3.63, 3.8) is 0 Å². The number of aliphatic hydroxyl groups is 1. The van der Waals surface area contributed by atoms with Crippen molar-refractivity contribution in [1.29, 1.82) is 5.26 Å². The second kappa shape index (κ2) is 7.85. The van der Waals surface area contributed by atoms with Crippen LogP contribution in [0.1, 0.15) is 21.5 Å². The number of rotatable bonds is 6. The van der Waals surface area contributed by atoms with E-state index in [1.54, 1.807) is 42.6 Å². The highest BCUT2D eigenvalue weighted by atomic mass is 16.4. The van der Waals surface area contributed by atoms with Gasteiger partial charge in [-0.15, -0.1) is 0 Å². The first-order valence-corrected chi connectivity index (χ1v) is 7.14. The van der Waals surface area contributed by atoms with Crippen LogP contribution in [0.4, 0.5) is 5.95 Å². The topological polar surface area (TPSA) is 110 Å². The van der Waals surface area contributed by atoms with Gasteiger partial charge in [-0.1, -0.05) is 12.1 Å². The molecule has 2 aromatic rings. The second-order valence-electron chi connectivity index (χ2n) is 5.01. The van der Waals surface area contributed by atoms with Crippen molar-refractivity contribution in [2.75, 3.05) is 25.1 Å². The Balaban J connectivity index is 2.24. The maximum Gasteiger partial charge on any atom is 0.335 e. The van der Waals surface area contributed by atoms with Crippen LogP contribution in [0.25, 0.3) is 11.6 Å². The summed E-state index contributed by atoms with van der Waals surface area (Å²) < 4.78 is 0. The Hall–Kier alpha value is -3.24. The molecule has 0 unspecified atom stereocenters. The molecule has 2 rings (SSSR count). The Morgan fingerprint density at radius 1 is 1.25 bits per heavy atom. The maximum atomic E-state index is 10.9. The van der Waals surface area contributed by atoms with Gasteiger partial charge in [-0.25, -0.2) is 14.8 Å². The Bertz CT molecular complexity index is 777. The molecule has 0 saturated heterocycles. The van der Waals surface area contributed by atoms with Crippen molar-refractivity contribution in [2.24, 2.45) is 0 Å². The number of allylic oxidation sites excluding steroid dienone is 1. The number of carbonyl (C=O) groups is 1. The van der Waals surface area contributed by atoms with E-state index in [0.29, 0.717) is 29.2 Å². The van der Waals surface area contributed by atoms with Crippen molar-refractivity contribution in [1.82, 2.24) is 9.97 Å². The predicted molar refractivity (Wildman–Crippen MR) is 89.3 cm³/mol. The highest BCUT2D eigenvalue weighted by Gasteiger charge is 2.06. The zero-order chi connectivity index (χ0) is 17.5. The summed E-state index contributed by atoms with van der Waals surface area (Å²) >= 11 is 0. The van der Waals surface area contributed by atoms with Gasteiger partial charge in [0.25, 0.3) is 0 Å². The standard InChI is InChI=1S/C17H16N4O3/c1-21(6-7-22)17-19-10-12(11-20-17)8-15(9-18)13-2-4-14(5-3-13)16(23)24/h2-5,8,10-11,22H,6-7H2,1H3,(H,23,24)/b15-8+. The molecule has 1 heterocycles. The minimum Gasteiger partial charge on any atom is -0.478 e. The molecule has 0 amide bonds. The highest BCUT2D eigenvalue weighted by Crippen LogP contribution is 2.18. The van der Waals surface area contributed by atoms with Gasteiger partial charge in [-0.05, 0) is 23.8 Å². The van der Waals surface area contributed by atoms with Crippen molar-refractivity contribution in [3.05, 3.63) is 53.3 Å². The molecule has 0 radical (unpaired) electrons. The molecular weight excluding hydrogens is 308 g/mol. The number of hydrogen-bond donors (Lipinski definition) is 2. The van der Waals surface area contributed by atoms with E-state index in [9.17, 15) is 10.1 Å². The first-order chi connectivity index (χ1) is 11.5. The Morgan fingerprint density at radius 2 is 1.83 bits per heavy atom. The van der Waals surface area contributed by atoms with Crippen LogP contribution in [0.15, 0.2) is 36.7 Å². The smallest absolute Gasteiger partial charge is 0.335 e. The molecule has 7 heteroatoms. The summed E-state index contributed by atoms with van der Waals surface area (Å²) in [4.78, 5) is 20.9. The summed E-state index contributed by atoms with van der Waals surface area (Å²) in [5, 5.41) is 27.1. The number of carboxylic acid groups (broad SMARTS) is 1. The van der Waals surface area contributed by atoms with Crippen LogP contribution in [-0.2, 0) is 0 Å². The third-order valence-electron chi connectivity index (χ3n) is 3.31. The summed E-state index contributed by atoms with van der Waals surface area (Å²) in [5.74, 6) is -0.537. The lowest BCUT2D eigenvalue weighted by molar-refractivity contribution is 0.0697. The van der Waals surface area contributed by atoms with E-state index in [4.69, 9.17) is 10.2 Å². The summed E-state index contributed by atoms with van der Waals surface area (Å²) in [6.07, 6.45) is 4.80. The van der Waals surface area contributed by atoms with Gasteiger partial charge in [-0.2, -0.15) is 5.26 Å². The van der Waals surface area contributed by atoms with E-state index in [2.05, 4.69) is 16.0 Å². The quantitative estimate of drug-likeness (QED) is 0.777. The van der Waals surface area contributed by atoms with Gasteiger partial charge in [0.15, 0.2) is 0 Å². The van der Waals surface area contributed by atoms with E-state index in [1.165, 1.54) is 12.1 Å². The molecule has 1 aromatic heterocycles. The summed E-state index contributed by atoms with van der Waals surface area (Å²) in [6, 6.07) is 8.16. The van der Waals surface area contributed by atoms with Gasteiger partial charge in [0.2, 0.25) is 5.95 Å². The number of nitrogens with zero attached hydrogens (tertiary/aromatic N) is 4. The molecule has 2 N–H and O–H groups in total. The van der Waals surface area contributed by atoms with Crippen molar-refractivity contribution in [3.8, 4) is 6.07 Å². The molecule has 0 aliphatic carbocycles. The van der Waals surface area contributed by atoms with E-state index >= 15 is 0 Å². The summed E-state index contributed by atoms with van der Waals surface area (Å²) in [7, 11) is 1.77. The number of likely N-dealkylation sites (N-methyl/N-ethyl adjacent to an activating group) is 1. The van der Waals surface area contributed by atoms with E-state index in [1.807, 2.05) is 0 Å². The highest BCUT2D eigenvalue weighted by molar-refractivity contribution is 5.92. The normalized spacial score (nSPS) is 11.0. The average molecular weight is 324 g/mol. The second-order valence-corrected chi connectivity index (χ2v) is 5.01. The monoisotopic (exact) mass is 324 g/mol. The first-order valence-electron chi connectivity index (χ1n) is 7.14. The minimum atomic E-state index is -1.01. The molecule has 24 heavy (non-hydrogen) atoms. The van der Waals surface area contributed by atoms with Crippen molar-refractivity contribution in [2.45, 2.75) is 0 Å². The SMILES string of the molecule is CN(CCO)c1ncc(/C=C(\C#N)c2ccc(C(=O)O)cc2)cn1. The number of benzene rings is 1. The van der Waals surface area contributed by atoms with Gasteiger partial charge >= 0.3 is 5.97 Å². The van der Waals surface area contributed by atoms with Gasteiger partial charge in [-0.3, -0.25) is 0 Å². The van der Waals surface area contributed by atoms with E-state index in [0.717, 1.165) is 0 Å². The number of carboxylic acids is 1. The maximum absolute atomic E-state index is 10.9. The number of nitriles is 1. The van der Waals surface area contributed by atoms with E-state index in [-0.39, 0.29) is 12.2 Å². The number of aromatic carboxylic acids is 1. The molecule has 7 nitrogen and oxygen atoms in total. The van der Waals surface area contributed by atoms with Gasteiger partial charge in [0, 0.05) is 31.5 Å². The van der Waals surface area contributed by atoms with Crippen LogP contribution in [0.5, 0.6) is 0 Å². The molecule has 0 atom stereocenters. The molecule has 0 bridgehead atoms. The molecule has 122 valence electrons. The first kappa shape index (κ1) is 17.1. The molecule has 0 spiro atoms. The van der Waals surface area contributed by atoms with Gasteiger partial charge in [0.1, 0.15) is 0 Å². The fourth-order valence-corrected chi connectivity index (χ4v) is 1.99. The molecule has 0 aliphatic rings. The molecule has 1 aromatic carbocycles. The Labute approximate surface area is 139 Å². The summed E-state index contributed by atoms with van der Waals surface area (Å²) in [5.41, 5.74) is 1.81. The lowest BCUT2D eigenvalue weighted by Crippen LogP contribution is -2.23. The largest absolute Gasteiger partial charge is 0.478 e.